The fraction of sp³-hybridized carbons (Fsp3) is 0.889. The highest BCUT2D eigenvalue weighted by molar-refractivity contribution is 5.68. The van der Waals surface area contributed by atoms with Gasteiger partial charge < -0.3 is 9.64 Å². The summed E-state index contributed by atoms with van der Waals surface area (Å²) in [5.41, 5.74) is 0. The van der Waals surface area contributed by atoms with Crippen LogP contribution in [-0.2, 0) is 4.74 Å². The van der Waals surface area contributed by atoms with Crippen molar-refractivity contribution in [2.24, 2.45) is 0 Å². The van der Waals surface area contributed by atoms with Crippen LogP contribution in [0.15, 0.2) is 0 Å². The lowest BCUT2D eigenvalue weighted by Crippen LogP contribution is -2.42. The van der Waals surface area contributed by atoms with Crippen LogP contribution in [-0.4, -0.2) is 29.7 Å². The Bertz CT molecular complexity index is 135. The van der Waals surface area contributed by atoms with Crippen LogP contribution in [0.25, 0.3) is 0 Å². The van der Waals surface area contributed by atoms with Gasteiger partial charge in [0.1, 0.15) is 0 Å². The normalized spacial score (nSPS) is 10.6. The number of ether oxygens (including phenoxy) is 1. The maximum absolute atomic E-state index is 11.3. The molecule has 72 valence electrons. The molecule has 0 aromatic carbocycles. The van der Waals surface area contributed by atoms with Gasteiger partial charge in [-0.05, 0) is 34.6 Å². The van der Waals surface area contributed by atoms with Crippen LogP contribution in [0, 0.1) is 0 Å². The number of hydrogen-bond acceptors (Lipinski definition) is 2. The summed E-state index contributed by atoms with van der Waals surface area (Å²) in [5, 5.41) is 0. The Hall–Kier alpha value is -0.730. The first kappa shape index (κ1) is 11.3. The highest BCUT2D eigenvalue weighted by atomic mass is 16.6. The maximum atomic E-state index is 11.3. The summed E-state index contributed by atoms with van der Waals surface area (Å²) in [6, 6.07) is 0.396. The minimum atomic E-state index is -0.220. The van der Waals surface area contributed by atoms with Crippen LogP contribution in [0.4, 0.5) is 4.79 Å². The zero-order valence-electron chi connectivity index (χ0n) is 8.63. The average Bonchev–Trinajstić information content (AvgIpc) is 1.85. The predicted molar refractivity (Wildman–Crippen MR) is 49.1 cm³/mol. The molecule has 12 heavy (non-hydrogen) atoms. The van der Waals surface area contributed by atoms with Crippen molar-refractivity contribution in [3.8, 4) is 0 Å². The smallest absolute Gasteiger partial charge is 0.410 e. The number of amides is 1. The van der Waals surface area contributed by atoms with Gasteiger partial charge >= 0.3 is 6.09 Å². The van der Waals surface area contributed by atoms with E-state index in [0.29, 0.717) is 6.61 Å². The van der Waals surface area contributed by atoms with E-state index in [1.807, 2.05) is 34.6 Å². The molecule has 0 saturated carbocycles. The Morgan fingerprint density at radius 1 is 1.25 bits per heavy atom. The SMILES string of the molecule is CCOC(=O)N(C(C)C)C(C)C. The van der Waals surface area contributed by atoms with E-state index in [0.717, 1.165) is 0 Å². The Kier molecular flexibility index (Phi) is 4.71. The van der Waals surface area contributed by atoms with E-state index >= 15 is 0 Å². The van der Waals surface area contributed by atoms with E-state index in [9.17, 15) is 4.79 Å². The van der Waals surface area contributed by atoms with Crippen molar-refractivity contribution in [3.05, 3.63) is 0 Å². The number of nitrogens with zero attached hydrogens (tertiary/aromatic N) is 1. The van der Waals surface area contributed by atoms with Crippen molar-refractivity contribution in [1.29, 1.82) is 0 Å². The third-order valence-corrected chi connectivity index (χ3v) is 1.59. The second kappa shape index (κ2) is 5.01. The molecule has 0 aliphatic rings. The standard InChI is InChI=1S/C9H19NO2/c1-6-12-9(11)10(7(2)3)8(4)5/h7-8H,6H2,1-5H3. The zero-order valence-corrected chi connectivity index (χ0v) is 8.63. The first-order valence-electron chi connectivity index (χ1n) is 4.45. The van der Waals surface area contributed by atoms with Crippen LogP contribution in [0.2, 0.25) is 0 Å². The Balaban J connectivity index is 4.20. The molecule has 0 aliphatic heterocycles. The first-order valence-corrected chi connectivity index (χ1v) is 4.45. The van der Waals surface area contributed by atoms with Gasteiger partial charge in [-0.15, -0.1) is 0 Å². The molecular weight excluding hydrogens is 154 g/mol. The lowest BCUT2D eigenvalue weighted by Gasteiger charge is -2.29. The first-order chi connectivity index (χ1) is 5.50. The quantitative estimate of drug-likeness (QED) is 0.655. The molecule has 0 bridgehead atoms. The largest absolute Gasteiger partial charge is 0.450 e. The van der Waals surface area contributed by atoms with Crippen LogP contribution in [0.3, 0.4) is 0 Å². The van der Waals surface area contributed by atoms with Crippen LogP contribution in [0.5, 0.6) is 0 Å². The lowest BCUT2D eigenvalue weighted by molar-refractivity contribution is 0.0832. The van der Waals surface area contributed by atoms with Gasteiger partial charge in [0.05, 0.1) is 6.61 Å². The van der Waals surface area contributed by atoms with Crippen LogP contribution < -0.4 is 0 Å². The number of carbonyl (C=O) groups is 1. The van der Waals surface area contributed by atoms with E-state index in [1.54, 1.807) is 4.90 Å². The van der Waals surface area contributed by atoms with Crippen molar-refractivity contribution in [1.82, 2.24) is 4.90 Å². The van der Waals surface area contributed by atoms with Gasteiger partial charge in [-0.2, -0.15) is 0 Å². The summed E-state index contributed by atoms with van der Waals surface area (Å²) < 4.78 is 4.91. The van der Waals surface area contributed by atoms with Crippen molar-refractivity contribution in [2.45, 2.75) is 46.7 Å². The Labute approximate surface area is 74.7 Å². The fourth-order valence-corrected chi connectivity index (χ4v) is 1.22. The molecule has 0 rings (SSSR count). The van der Waals surface area contributed by atoms with Crippen LogP contribution in [0.1, 0.15) is 34.6 Å². The molecule has 0 spiro atoms. The van der Waals surface area contributed by atoms with Crippen molar-refractivity contribution in [2.75, 3.05) is 6.61 Å². The zero-order chi connectivity index (χ0) is 9.72. The summed E-state index contributed by atoms with van der Waals surface area (Å²) in [5.74, 6) is 0. The molecule has 3 nitrogen and oxygen atoms in total. The lowest BCUT2D eigenvalue weighted by atomic mass is 10.2. The number of hydrogen-bond donors (Lipinski definition) is 0. The Morgan fingerprint density at radius 2 is 1.67 bits per heavy atom. The molecule has 1 amide bonds. The number of carbonyl (C=O) groups excluding carboxylic acids is 1. The van der Waals surface area contributed by atoms with Gasteiger partial charge in [0.2, 0.25) is 0 Å². The monoisotopic (exact) mass is 173 g/mol. The Morgan fingerprint density at radius 3 is 1.92 bits per heavy atom. The molecule has 0 unspecified atom stereocenters. The molecule has 0 N–H and O–H groups in total. The second-order valence-corrected chi connectivity index (χ2v) is 3.29. The predicted octanol–water partition coefficient (Wildman–Crippen LogP) is 2.26. The third-order valence-electron chi connectivity index (χ3n) is 1.59. The van der Waals surface area contributed by atoms with Gasteiger partial charge in [-0.1, -0.05) is 0 Å². The van der Waals surface area contributed by atoms with Crippen molar-refractivity contribution in [3.63, 3.8) is 0 Å². The molecule has 0 fully saturated rings. The molecule has 3 heteroatoms. The highest BCUT2D eigenvalue weighted by Crippen LogP contribution is 2.06. The highest BCUT2D eigenvalue weighted by Gasteiger charge is 2.20. The molecule has 0 heterocycles. The van der Waals surface area contributed by atoms with E-state index in [4.69, 9.17) is 4.74 Å². The number of rotatable bonds is 3. The van der Waals surface area contributed by atoms with Crippen molar-refractivity contribution >= 4 is 6.09 Å². The molecule has 0 aromatic heterocycles. The van der Waals surface area contributed by atoms with Gasteiger partial charge in [-0.3, -0.25) is 0 Å². The minimum Gasteiger partial charge on any atom is -0.450 e. The minimum absolute atomic E-state index is 0.198. The fourth-order valence-electron chi connectivity index (χ4n) is 1.22. The average molecular weight is 173 g/mol. The molecule has 0 aromatic rings. The molecular formula is C9H19NO2. The van der Waals surface area contributed by atoms with E-state index in [1.165, 1.54) is 0 Å². The van der Waals surface area contributed by atoms with Crippen molar-refractivity contribution < 1.29 is 9.53 Å². The summed E-state index contributed by atoms with van der Waals surface area (Å²) in [7, 11) is 0. The summed E-state index contributed by atoms with van der Waals surface area (Å²) in [4.78, 5) is 13.1. The van der Waals surface area contributed by atoms with Gasteiger partial charge in [0, 0.05) is 12.1 Å². The van der Waals surface area contributed by atoms with Gasteiger partial charge in [-0.25, -0.2) is 4.79 Å². The summed E-state index contributed by atoms with van der Waals surface area (Å²) in [6.07, 6.45) is -0.220. The van der Waals surface area contributed by atoms with Gasteiger partial charge in [0.25, 0.3) is 0 Å². The molecule has 0 radical (unpaired) electrons. The van der Waals surface area contributed by atoms with Gasteiger partial charge in [0.15, 0.2) is 0 Å². The second-order valence-electron chi connectivity index (χ2n) is 3.29. The topological polar surface area (TPSA) is 29.5 Å². The van der Waals surface area contributed by atoms with E-state index in [-0.39, 0.29) is 18.2 Å². The molecule has 0 aliphatic carbocycles. The summed E-state index contributed by atoms with van der Waals surface area (Å²) >= 11 is 0. The van der Waals surface area contributed by atoms with E-state index < -0.39 is 0 Å². The molecule has 0 atom stereocenters. The molecule has 0 saturated heterocycles. The third kappa shape index (κ3) is 3.11. The summed E-state index contributed by atoms with van der Waals surface area (Å²) in [6.45, 7) is 10.2. The van der Waals surface area contributed by atoms with E-state index in [2.05, 4.69) is 0 Å². The van der Waals surface area contributed by atoms with Crippen LogP contribution >= 0.6 is 0 Å². The maximum Gasteiger partial charge on any atom is 0.410 e.